The zero-order chi connectivity index (χ0) is 22.7. The lowest BCUT2D eigenvalue weighted by Crippen LogP contribution is -2.30. The van der Waals surface area contributed by atoms with Gasteiger partial charge >= 0.3 is 0 Å². The predicted molar refractivity (Wildman–Crippen MR) is 130 cm³/mol. The van der Waals surface area contributed by atoms with Crippen molar-refractivity contribution in [3.63, 3.8) is 0 Å². The number of carbonyl (C=O) groups is 1. The molecule has 5 heteroatoms. The van der Waals surface area contributed by atoms with E-state index in [4.69, 9.17) is 0 Å². The van der Waals surface area contributed by atoms with E-state index in [0.29, 0.717) is 18.9 Å². The molecular formula is C27H32N4O. The average molecular weight is 429 g/mol. The van der Waals surface area contributed by atoms with Crippen LogP contribution in [0.1, 0.15) is 47.8 Å². The number of H-pyrrole nitrogens is 1. The highest BCUT2D eigenvalue weighted by Gasteiger charge is 2.20. The molecule has 0 fully saturated rings. The fourth-order valence-corrected chi connectivity index (χ4v) is 4.43. The summed E-state index contributed by atoms with van der Waals surface area (Å²) in [5, 5.41) is 9.04. The number of amides is 1. The Balaban J connectivity index is 1.53. The fourth-order valence-electron chi connectivity index (χ4n) is 4.43. The van der Waals surface area contributed by atoms with Crippen molar-refractivity contribution in [2.75, 3.05) is 6.54 Å². The van der Waals surface area contributed by atoms with E-state index in [-0.39, 0.29) is 11.8 Å². The molecule has 0 bridgehead atoms. The molecule has 5 nitrogen and oxygen atoms in total. The monoisotopic (exact) mass is 428 g/mol. The third-order valence-corrected chi connectivity index (χ3v) is 6.11. The summed E-state index contributed by atoms with van der Waals surface area (Å²) in [5.74, 6) is 0.612. The van der Waals surface area contributed by atoms with Gasteiger partial charge < -0.3 is 10.3 Å². The zero-order valence-corrected chi connectivity index (χ0v) is 19.4. The molecule has 0 saturated carbocycles. The molecule has 2 N–H and O–H groups in total. The first kappa shape index (κ1) is 21.9. The minimum absolute atomic E-state index is 0.0288. The highest BCUT2D eigenvalue weighted by Crippen LogP contribution is 2.30. The molecule has 2 aromatic heterocycles. The topological polar surface area (TPSA) is 62.7 Å². The summed E-state index contributed by atoms with van der Waals surface area (Å²) in [6.45, 7) is 9.82. The Bertz CT molecular complexity index is 1200. The molecule has 1 atom stereocenters. The summed E-state index contributed by atoms with van der Waals surface area (Å²) < 4.78 is 2.03. The molecule has 0 aliphatic rings. The molecule has 0 spiro atoms. The second-order valence-electron chi connectivity index (χ2n) is 8.96. The Morgan fingerprint density at radius 2 is 1.78 bits per heavy atom. The lowest BCUT2D eigenvalue weighted by Gasteiger charge is -2.18. The number of hydrogen-bond donors (Lipinski definition) is 2. The predicted octanol–water partition coefficient (Wildman–Crippen LogP) is 5.13. The minimum Gasteiger partial charge on any atom is -0.361 e. The first-order valence-corrected chi connectivity index (χ1v) is 11.3. The molecule has 2 heterocycles. The highest BCUT2D eigenvalue weighted by molar-refractivity contribution is 5.84. The number of carbonyl (C=O) groups excluding carboxylic acids is 1. The van der Waals surface area contributed by atoms with Gasteiger partial charge in [-0.05, 0) is 37.0 Å². The van der Waals surface area contributed by atoms with E-state index < -0.39 is 0 Å². The van der Waals surface area contributed by atoms with Crippen LogP contribution in [-0.2, 0) is 17.8 Å². The third kappa shape index (κ3) is 4.62. The van der Waals surface area contributed by atoms with Crippen LogP contribution in [0.5, 0.6) is 0 Å². The highest BCUT2D eigenvalue weighted by atomic mass is 16.1. The lowest BCUT2D eigenvalue weighted by atomic mass is 9.91. The summed E-state index contributed by atoms with van der Waals surface area (Å²) in [6.07, 6.45) is 2.42. The number of fused-ring (bicyclic) bond motifs is 1. The zero-order valence-electron chi connectivity index (χ0n) is 19.4. The van der Waals surface area contributed by atoms with E-state index in [1.54, 1.807) is 0 Å². The van der Waals surface area contributed by atoms with Gasteiger partial charge in [0, 0.05) is 47.4 Å². The summed E-state index contributed by atoms with van der Waals surface area (Å²) in [7, 11) is 0. The number of hydrogen-bond acceptors (Lipinski definition) is 2. The largest absolute Gasteiger partial charge is 0.361 e. The summed E-state index contributed by atoms with van der Waals surface area (Å²) in [4.78, 5) is 16.3. The number of nitrogens with one attached hydrogen (secondary N) is 2. The number of aromatic nitrogens is 3. The van der Waals surface area contributed by atoms with Gasteiger partial charge in [0.1, 0.15) is 0 Å². The lowest BCUT2D eigenvalue weighted by molar-refractivity contribution is -0.120. The quantitative estimate of drug-likeness (QED) is 0.409. The van der Waals surface area contributed by atoms with Crippen LogP contribution in [0.25, 0.3) is 10.9 Å². The second kappa shape index (κ2) is 9.43. The van der Waals surface area contributed by atoms with Crippen molar-refractivity contribution in [3.8, 4) is 0 Å². The van der Waals surface area contributed by atoms with Crippen molar-refractivity contribution in [1.82, 2.24) is 20.1 Å². The number of para-hydroxylation sites is 1. The van der Waals surface area contributed by atoms with Crippen LogP contribution in [0.4, 0.5) is 0 Å². The molecule has 0 saturated heterocycles. The first-order valence-electron chi connectivity index (χ1n) is 11.3. The number of nitrogens with zero attached hydrogens (tertiary/aromatic N) is 2. The number of aryl methyl sites for hydroxylation is 1. The van der Waals surface area contributed by atoms with Gasteiger partial charge in [-0.3, -0.25) is 9.48 Å². The third-order valence-electron chi connectivity index (χ3n) is 6.11. The summed E-state index contributed by atoms with van der Waals surface area (Å²) >= 11 is 0. The SMILES string of the molecule is Cc1nn(CC(C)C)c(C)c1CC(=O)NC[C@@H](c1ccccc1)c1c[nH]c2ccccc12. The van der Waals surface area contributed by atoms with Crippen LogP contribution >= 0.6 is 0 Å². The van der Waals surface area contributed by atoms with E-state index in [1.807, 2.05) is 23.7 Å². The van der Waals surface area contributed by atoms with Gasteiger partial charge in [-0.2, -0.15) is 5.10 Å². The van der Waals surface area contributed by atoms with Gasteiger partial charge in [0.2, 0.25) is 5.91 Å². The Hall–Kier alpha value is -3.34. The van der Waals surface area contributed by atoms with Crippen molar-refractivity contribution in [2.45, 2.75) is 46.6 Å². The van der Waals surface area contributed by atoms with E-state index in [9.17, 15) is 4.79 Å². The normalized spacial score (nSPS) is 12.4. The van der Waals surface area contributed by atoms with Crippen molar-refractivity contribution in [1.29, 1.82) is 0 Å². The molecular weight excluding hydrogens is 396 g/mol. The fraction of sp³-hybridized carbons (Fsp3) is 0.333. The van der Waals surface area contributed by atoms with Crippen molar-refractivity contribution < 1.29 is 4.79 Å². The van der Waals surface area contributed by atoms with Crippen LogP contribution in [0.15, 0.2) is 60.8 Å². The van der Waals surface area contributed by atoms with Gasteiger partial charge in [-0.15, -0.1) is 0 Å². The average Bonchev–Trinajstić information content (AvgIpc) is 3.31. The smallest absolute Gasteiger partial charge is 0.224 e. The van der Waals surface area contributed by atoms with E-state index >= 15 is 0 Å². The van der Waals surface area contributed by atoms with Gasteiger partial charge in [-0.25, -0.2) is 0 Å². The second-order valence-corrected chi connectivity index (χ2v) is 8.96. The van der Waals surface area contributed by atoms with Crippen LogP contribution in [0, 0.1) is 19.8 Å². The molecule has 2 aromatic carbocycles. The summed E-state index contributed by atoms with van der Waals surface area (Å²) in [5.41, 5.74) is 6.56. The summed E-state index contributed by atoms with van der Waals surface area (Å²) in [6, 6.07) is 18.7. The molecule has 1 amide bonds. The molecule has 0 unspecified atom stereocenters. The van der Waals surface area contributed by atoms with Crippen LogP contribution in [0.2, 0.25) is 0 Å². The molecule has 166 valence electrons. The minimum atomic E-state index is 0.0288. The Morgan fingerprint density at radius 1 is 1.06 bits per heavy atom. The molecule has 4 aromatic rings. The van der Waals surface area contributed by atoms with Crippen molar-refractivity contribution in [3.05, 3.63) is 88.9 Å². The van der Waals surface area contributed by atoms with Crippen molar-refractivity contribution in [2.24, 2.45) is 5.92 Å². The van der Waals surface area contributed by atoms with Crippen LogP contribution in [-0.4, -0.2) is 27.2 Å². The van der Waals surface area contributed by atoms with Crippen LogP contribution in [0.3, 0.4) is 0 Å². The molecule has 4 rings (SSSR count). The first-order chi connectivity index (χ1) is 15.4. The maximum atomic E-state index is 13.0. The molecule has 32 heavy (non-hydrogen) atoms. The Labute approximate surface area is 189 Å². The standard InChI is InChI=1S/C27H32N4O/c1-18(2)17-31-20(4)23(19(3)30-31)14-27(32)29-15-24(21-10-6-5-7-11-21)25-16-28-26-13-9-8-12-22(25)26/h5-13,16,18,24,28H,14-15,17H2,1-4H3,(H,29,32)/t24-/m0/s1. The number of rotatable bonds is 8. The van der Waals surface area contributed by atoms with Crippen molar-refractivity contribution >= 4 is 16.8 Å². The molecule has 0 aliphatic carbocycles. The number of benzene rings is 2. The van der Waals surface area contributed by atoms with Crippen LogP contribution < -0.4 is 5.32 Å². The molecule has 0 aliphatic heterocycles. The van der Waals surface area contributed by atoms with E-state index in [0.717, 1.165) is 29.0 Å². The number of aromatic amines is 1. The van der Waals surface area contributed by atoms with Gasteiger partial charge in [0.05, 0.1) is 12.1 Å². The van der Waals surface area contributed by atoms with Gasteiger partial charge in [-0.1, -0.05) is 62.4 Å². The van der Waals surface area contributed by atoms with E-state index in [2.05, 4.69) is 84.8 Å². The molecule has 0 radical (unpaired) electrons. The Kier molecular flexibility index (Phi) is 6.45. The van der Waals surface area contributed by atoms with Gasteiger partial charge in [0.25, 0.3) is 0 Å². The van der Waals surface area contributed by atoms with E-state index in [1.165, 1.54) is 16.5 Å². The van der Waals surface area contributed by atoms with Gasteiger partial charge in [0.15, 0.2) is 0 Å². The Morgan fingerprint density at radius 3 is 2.53 bits per heavy atom. The maximum absolute atomic E-state index is 13.0. The maximum Gasteiger partial charge on any atom is 0.224 e.